The first-order valence-electron chi connectivity index (χ1n) is 7.89. The highest BCUT2D eigenvalue weighted by molar-refractivity contribution is 5.81. The molecule has 2 aromatic rings. The lowest BCUT2D eigenvalue weighted by Gasteiger charge is -2.28. The van der Waals surface area contributed by atoms with E-state index >= 15 is 0 Å². The number of nitrogens with one attached hydrogen (secondary N) is 1. The fourth-order valence-electron chi connectivity index (χ4n) is 3.48. The average Bonchev–Trinajstić information content (AvgIpc) is 2.83. The van der Waals surface area contributed by atoms with E-state index in [0.717, 1.165) is 12.5 Å². The van der Waals surface area contributed by atoms with E-state index in [1.165, 1.54) is 48.7 Å². The maximum absolute atomic E-state index is 4.66. The zero-order valence-corrected chi connectivity index (χ0v) is 12.6. The monoisotopic (exact) mass is 271 g/mol. The number of hydrogen-bond acceptors (Lipinski definition) is 2. The number of benzene rings is 1. The molecule has 0 amide bonds. The van der Waals surface area contributed by atoms with Crippen LogP contribution in [0, 0.1) is 5.92 Å². The Hall–Kier alpha value is -1.35. The minimum Gasteiger partial charge on any atom is -0.308 e. The Balaban J connectivity index is 1.67. The Kier molecular flexibility index (Phi) is 4.06. The highest BCUT2D eigenvalue weighted by Gasteiger charge is 2.20. The van der Waals surface area contributed by atoms with Gasteiger partial charge in [-0.3, -0.25) is 4.68 Å². The van der Waals surface area contributed by atoms with Crippen LogP contribution in [0.25, 0.3) is 10.9 Å². The number of aryl methyl sites for hydroxylation is 1. The van der Waals surface area contributed by atoms with Crippen molar-refractivity contribution in [3.8, 4) is 0 Å². The van der Waals surface area contributed by atoms with E-state index in [2.05, 4.69) is 41.6 Å². The minimum absolute atomic E-state index is 0.594. The minimum atomic E-state index is 0.594. The van der Waals surface area contributed by atoms with Crippen LogP contribution < -0.4 is 5.32 Å². The molecule has 1 aromatic heterocycles. The third-order valence-corrected chi connectivity index (χ3v) is 4.78. The van der Waals surface area contributed by atoms with Gasteiger partial charge in [-0.15, -0.1) is 0 Å². The van der Waals surface area contributed by atoms with Gasteiger partial charge in [0.05, 0.1) is 11.2 Å². The molecule has 20 heavy (non-hydrogen) atoms. The van der Waals surface area contributed by atoms with Crippen LogP contribution >= 0.6 is 0 Å². The van der Waals surface area contributed by atoms with E-state index < -0.39 is 0 Å². The molecule has 3 nitrogen and oxygen atoms in total. The number of rotatable bonds is 4. The van der Waals surface area contributed by atoms with Crippen molar-refractivity contribution >= 4 is 10.9 Å². The first-order valence-corrected chi connectivity index (χ1v) is 7.89. The summed E-state index contributed by atoms with van der Waals surface area (Å²) in [4.78, 5) is 0. The largest absolute Gasteiger partial charge is 0.308 e. The summed E-state index contributed by atoms with van der Waals surface area (Å²) in [6.07, 6.45) is 7.01. The molecule has 1 heterocycles. The molecule has 0 aliphatic heterocycles. The van der Waals surface area contributed by atoms with Gasteiger partial charge >= 0.3 is 0 Å². The van der Waals surface area contributed by atoms with Gasteiger partial charge in [-0.2, -0.15) is 5.10 Å². The van der Waals surface area contributed by atoms with Crippen LogP contribution in [0.15, 0.2) is 24.3 Å². The van der Waals surface area contributed by atoms with Gasteiger partial charge in [0.25, 0.3) is 0 Å². The molecule has 1 N–H and O–H groups in total. The van der Waals surface area contributed by atoms with Crippen LogP contribution in [0.3, 0.4) is 0 Å². The van der Waals surface area contributed by atoms with E-state index in [9.17, 15) is 0 Å². The summed E-state index contributed by atoms with van der Waals surface area (Å²) in [6.45, 7) is 3.21. The summed E-state index contributed by atoms with van der Waals surface area (Å²) in [7, 11) is 2.02. The molecule has 3 heteroatoms. The molecular weight excluding hydrogens is 246 g/mol. The highest BCUT2D eigenvalue weighted by atomic mass is 15.3. The number of aromatic nitrogens is 2. The maximum atomic E-state index is 4.66. The van der Waals surface area contributed by atoms with E-state index in [4.69, 9.17) is 0 Å². The van der Waals surface area contributed by atoms with E-state index in [1.54, 1.807) is 0 Å². The van der Waals surface area contributed by atoms with E-state index in [0.29, 0.717) is 6.04 Å². The lowest BCUT2D eigenvalue weighted by atomic mass is 9.84. The Morgan fingerprint density at radius 3 is 2.80 bits per heavy atom. The third kappa shape index (κ3) is 2.73. The summed E-state index contributed by atoms with van der Waals surface area (Å²) < 4.78 is 1.98. The number of fused-ring (bicyclic) bond motifs is 1. The lowest BCUT2D eigenvalue weighted by Crippen LogP contribution is -2.34. The number of para-hydroxylation sites is 1. The predicted octanol–water partition coefficient (Wildman–Crippen LogP) is 3.63. The first kappa shape index (κ1) is 13.6. The highest BCUT2D eigenvalue weighted by Crippen LogP contribution is 2.26. The van der Waals surface area contributed by atoms with Gasteiger partial charge in [-0.1, -0.05) is 37.5 Å². The van der Waals surface area contributed by atoms with Crippen molar-refractivity contribution in [2.24, 2.45) is 13.0 Å². The Morgan fingerprint density at radius 1 is 1.25 bits per heavy atom. The van der Waals surface area contributed by atoms with Gasteiger partial charge in [0.15, 0.2) is 0 Å². The normalized spacial score (nSPS) is 18.5. The topological polar surface area (TPSA) is 29.9 Å². The summed E-state index contributed by atoms with van der Waals surface area (Å²) in [5, 5.41) is 9.64. The second-order valence-electron chi connectivity index (χ2n) is 6.16. The summed E-state index contributed by atoms with van der Waals surface area (Å²) >= 11 is 0. The van der Waals surface area contributed by atoms with Gasteiger partial charge < -0.3 is 5.32 Å². The van der Waals surface area contributed by atoms with Crippen LogP contribution in [-0.2, 0) is 13.6 Å². The zero-order valence-electron chi connectivity index (χ0n) is 12.6. The SMILES string of the molecule is C[C@@H](NCc1nn(C)c2ccccc12)C1CCCCC1. The molecule has 1 aliphatic rings. The number of nitrogens with zero attached hydrogens (tertiary/aromatic N) is 2. The molecular formula is C17H25N3. The van der Waals surface area contributed by atoms with Crippen molar-refractivity contribution in [1.29, 1.82) is 0 Å². The molecule has 3 rings (SSSR count). The molecule has 1 fully saturated rings. The summed E-state index contributed by atoms with van der Waals surface area (Å²) in [5.74, 6) is 0.846. The molecule has 0 unspecified atom stereocenters. The van der Waals surface area contributed by atoms with Gasteiger partial charge in [-0.05, 0) is 31.7 Å². The van der Waals surface area contributed by atoms with Crippen LogP contribution in [0.5, 0.6) is 0 Å². The quantitative estimate of drug-likeness (QED) is 0.920. The second-order valence-corrected chi connectivity index (χ2v) is 6.16. The van der Waals surface area contributed by atoms with E-state index in [1.807, 2.05) is 11.7 Å². The first-order chi connectivity index (χ1) is 9.75. The molecule has 0 bridgehead atoms. The Bertz CT molecular complexity index is 567. The van der Waals surface area contributed by atoms with Gasteiger partial charge in [0.1, 0.15) is 0 Å². The van der Waals surface area contributed by atoms with Gasteiger partial charge in [0, 0.05) is 25.0 Å². The van der Waals surface area contributed by atoms with Crippen molar-refractivity contribution < 1.29 is 0 Å². The van der Waals surface area contributed by atoms with Crippen molar-refractivity contribution in [2.75, 3.05) is 0 Å². The Morgan fingerprint density at radius 2 is 2.00 bits per heavy atom. The van der Waals surface area contributed by atoms with Crippen molar-refractivity contribution in [3.05, 3.63) is 30.0 Å². The van der Waals surface area contributed by atoms with Crippen LogP contribution in [0.1, 0.15) is 44.7 Å². The molecule has 108 valence electrons. The smallest absolute Gasteiger partial charge is 0.0841 e. The Labute approximate surface area is 121 Å². The van der Waals surface area contributed by atoms with Gasteiger partial charge in [-0.25, -0.2) is 0 Å². The molecule has 0 saturated heterocycles. The lowest BCUT2D eigenvalue weighted by molar-refractivity contribution is 0.280. The number of hydrogen-bond donors (Lipinski definition) is 1. The van der Waals surface area contributed by atoms with Crippen molar-refractivity contribution in [2.45, 2.75) is 51.6 Å². The molecule has 1 saturated carbocycles. The molecule has 0 spiro atoms. The fourth-order valence-corrected chi connectivity index (χ4v) is 3.48. The fraction of sp³-hybridized carbons (Fsp3) is 0.588. The molecule has 1 aliphatic carbocycles. The van der Waals surface area contributed by atoms with E-state index in [-0.39, 0.29) is 0 Å². The predicted molar refractivity (Wildman–Crippen MR) is 83.6 cm³/mol. The average molecular weight is 271 g/mol. The zero-order chi connectivity index (χ0) is 13.9. The molecule has 0 radical (unpaired) electrons. The van der Waals surface area contributed by atoms with Gasteiger partial charge in [0.2, 0.25) is 0 Å². The standard InChI is InChI=1S/C17H25N3/c1-13(14-8-4-3-5-9-14)18-12-16-15-10-6-7-11-17(15)20(2)19-16/h6-7,10-11,13-14,18H,3-5,8-9,12H2,1-2H3/t13-/m1/s1. The van der Waals surface area contributed by atoms with Crippen LogP contribution in [-0.4, -0.2) is 15.8 Å². The molecule has 1 aromatic carbocycles. The van der Waals surface area contributed by atoms with Crippen molar-refractivity contribution in [3.63, 3.8) is 0 Å². The summed E-state index contributed by atoms with van der Waals surface area (Å²) in [6, 6.07) is 9.07. The van der Waals surface area contributed by atoms with Crippen molar-refractivity contribution in [1.82, 2.24) is 15.1 Å². The molecule has 1 atom stereocenters. The third-order valence-electron chi connectivity index (χ3n) is 4.78. The second kappa shape index (κ2) is 5.96. The van der Waals surface area contributed by atoms with Crippen LogP contribution in [0.2, 0.25) is 0 Å². The summed E-state index contributed by atoms with van der Waals surface area (Å²) in [5.41, 5.74) is 2.39. The van der Waals surface area contributed by atoms with Crippen LogP contribution in [0.4, 0.5) is 0 Å². The maximum Gasteiger partial charge on any atom is 0.0841 e.